The summed E-state index contributed by atoms with van der Waals surface area (Å²) in [5.41, 5.74) is 1.17. The first kappa shape index (κ1) is 15.6. The number of nitrogens with zero attached hydrogens (tertiary/aromatic N) is 2. The number of thioether (sulfide) groups is 1. The molecule has 4 heteroatoms. The van der Waals surface area contributed by atoms with Crippen molar-refractivity contribution in [1.82, 2.24) is 0 Å². The fraction of sp³-hybridized carbons (Fsp3) is 0.333. The van der Waals surface area contributed by atoms with Crippen LogP contribution >= 0.6 is 11.8 Å². The molecule has 1 aromatic carbocycles. The molecule has 2 nitrogen and oxygen atoms in total. The maximum Gasteiger partial charge on any atom is 0.291 e. The van der Waals surface area contributed by atoms with Gasteiger partial charge in [0.1, 0.15) is 0 Å². The van der Waals surface area contributed by atoms with Gasteiger partial charge in [-0.05, 0) is 23.4 Å². The van der Waals surface area contributed by atoms with Crippen LogP contribution in [-0.4, -0.2) is 35.8 Å². The number of benzene rings is 1. The minimum absolute atomic E-state index is 0. The van der Waals surface area contributed by atoms with Gasteiger partial charge in [-0.1, -0.05) is 30.0 Å². The predicted molar refractivity (Wildman–Crippen MR) is 69.3 cm³/mol. The Morgan fingerprint density at radius 2 is 1.75 bits per heavy atom. The molecule has 0 amide bonds. The molecule has 0 spiro atoms. The van der Waals surface area contributed by atoms with E-state index in [2.05, 4.69) is 23.4 Å². The molecule has 0 aliphatic carbocycles. The van der Waals surface area contributed by atoms with Crippen molar-refractivity contribution in [3.8, 4) is 0 Å². The molecule has 0 aliphatic heterocycles. The Balaban J connectivity index is 0.00000225. The minimum atomic E-state index is 0. The maximum atomic E-state index is 4.59. The van der Waals surface area contributed by atoms with Crippen LogP contribution in [0.1, 0.15) is 12.5 Å². The lowest BCUT2D eigenvalue weighted by atomic mass is 10.2. The summed E-state index contributed by atoms with van der Waals surface area (Å²) < 4.78 is 2.01. The molecule has 0 heterocycles. The van der Waals surface area contributed by atoms with E-state index in [9.17, 15) is 0 Å². The van der Waals surface area contributed by atoms with Crippen LogP contribution < -0.4 is 24.0 Å². The SMILES string of the molecule is CSC(=NC(C)=[N+](C)C)c1ccccc1.[I-]. The molecular weight excluding hydrogens is 331 g/mol. The summed E-state index contributed by atoms with van der Waals surface area (Å²) in [6, 6.07) is 10.2. The van der Waals surface area contributed by atoms with E-state index in [0.29, 0.717) is 0 Å². The molecule has 0 aliphatic rings. The molecule has 88 valence electrons. The fourth-order valence-corrected chi connectivity index (χ4v) is 1.65. The van der Waals surface area contributed by atoms with Crippen LogP contribution in [0.3, 0.4) is 0 Å². The van der Waals surface area contributed by atoms with E-state index in [0.717, 1.165) is 10.9 Å². The maximum absolute atomic E-state index is 4.59. The molecule has 0 radical (unpaired) electrons. The second-order valence-electron chi connectivity index (χ2n) is 3.43. The average molecular weight is 348 g/mol. The summed E-state index contributed by atoms with van der Waals surface area (Å²) in [7, 11) is 4.00. The summed E-state index contributed by atoms with van der Waals surface area (Å²) in [4.78, 5) is 4.59. The van der Waals surface area contributed by atoms with Crippen LogP contribution in [0.2, 0.25) is 0 Å². The smallest absolute Gasteiger partial charge is 0.291 e. The number of amidine groups is 1. The molecule has 16 heavy (non-hydrogen) atoms. The number of halogens is 1. The van der Waals surface area contributed by atoms with Gasteiger partial charge in [0.25, 0.3) is 5.84 Å². The standard InChI is InChI=1S/C12H17N2S.HI/c1-10(14(2)3)13-12(15-4)11-8-6-5-7-9-11;/h5-9H,1-4H3;1H/q+1;/p-1. The van der Waals surface area contributed by atoms with Gasteiger partial charge in [-0.3, -0.25) is 4.58 Å². The number of hydrogen-bond acceptors (Lipinski definition) is 1. The summed E-state index contributed by atoms with van der Waals surface area (Å²) in [5.74, 6) is 1.02. The van der Waals surface area contributed by atoms with Crippen molar-refractivity contribution in [3.05, 3.63) is 35.9 Å². The van der Waals surface area contributed by atoms with Crippen molar-refractivity contribution in [1.29, 1.82) is 0 Å². The minimum Gasteiger partial charge on any atom is -1.00 e. The molecule has 0 saturated carbocycles. The van der Waals surface area contributed by atoms with Crippen molar-refractivity contribution in [2.24, 2.45) is 4.99 Å². The second kappa shape index (κ2) is 7.84. The highest BCUT2D eigenvalue weighted by molar-refractivity contribution is 8.13. The summed E-state index contributed by atoms with van der Waals surface area (Å²) in [5, 5.41) is 1.06. The number of aliphatic imine (C=N–C) groups is 1. The molecule has 0 unspecified atom stereocenters. The van der Waals surface area contributed by atoms with E-state index < -0.39 is 0 Å². The van der Waals surface area contributed by atoms with Crippen molar-refractivity contribution < 1.29 is 28.6 Å². The topological polar surface area (TPSA) is 15.4 Å². The normalized spacial score (nSPS) is 10.6. The lowest BCUT2D eigenvalue weighted by molar-refractivity contribution is -0.465. The second-order valence-corrected chi connectivity index (χ2v) is 4.22. The highest BCUT2D eigenvalue weighted by atomic mass is 127. The van der Waals surface area contributed by atoms with Gasteiger partial charge in [0, 0.05) is 12.5 Å². The lowest BCUT2D eigenvalue weighted by Gasteiger charge is -1.97. The zero-order valence-electron chi connectivity index (χ0n) is 10.1. The summed E-state index contributed by atoms with van der Waals surface area (Å²) in [6.07, 6.45) is 2.05. The zero-order valence-corrected chi connectivity index (χ0v) is 13.0. The molecule has 1 rings (SSSR count). The van der Waals surface area contributed by atoms with E-state index in [4.69, 9.17) is 0 Å². The molecule has 0 aromatic heterocycles. The van der Waals surface area contributed by atoms with Crippen molar-refractivity contribution in [3.63, 3.8) is 0 Å². The molecule has 0 bridgehead atoms. The lowest BCUT2D eigenvalue weighted by Crippen LogP contribution is -3.00. The van der Waals surface area contributed by atoms with Gasteiger partial charge in [-0.2, -0.15) is 0 Å². The Morgan fingerprint density at radius 3 is 2.19 bits per heavy atom. The van der Waals surface area contributed by atoms with Gasteiger partial charge >= 0.3 is 0 Å². The van der Waals surface area contributed by atoms with Gasteiger partial charge in [-0.25, -0.2) is 0 Å². The highest BCUT2D eigenvalue weighted by Gasteiger charge is 2.09. The van der Waals surface area contributed by atoms with Gasteiger partial charge in [-0.15, -0.1) is 0 Å². The van der Waals surface area contributed by atoms with Crippen LogP contribution in [0, 0.1) is 0 Å². The van der Waals surface area contributed by atoms with Crippen molar-refractivity contribution in [2.45, 2.75) is 6.92 Å². The van der Waals surface area contributed by atoms with Gasteiger partial charge in [0.15, 0.2) is 0 Å². The molecule has 0 atom stereocenters. The van der Waals surface area contributed by atoms with Crippen molar-refractivity contribution in [2.75, 3.05) is 20.4 Å². The van der Waals surface area contributed by atoms with Crippen LogP contribution in [0.4, 0.5) is 0 Å². The monoisotopic (exact) mass is 348 g/mol. The van der Waals surface area contributed by atoms with Crippen LogP contribution in [-0.2, 0) is 0 Å². The van der Waals surface area contributed by atoms with E-state index in [1.807, 2.05) is 43.8 Å². The molecule has 0 fully saturated rings. The van der Waals surface area contributed by atoms with Crippen LogP contribution in [0.15, 0.2) is 35.3 Å². The predicted octanol–water partition coefficient (Wildman–Crippen LogP) is -0.509. The fourth-order valence-electron chi connectivity index (χ4n) is 1.06. The quantitative estimate of drug-likeness (QED) is 0.289. The summed E-state index contributed by atoms with van der Waals surface area (Å²) in [6.45, 7) is 2.01. The van der Waals surface area contributed by atoms with E-state index in [-0.39, 0.29) is 24.0 Å². The number of rotatable bonds is 1. The molecule has 1 aromatic rings. The Morgan fingerprint density at radius 1 is 1.19 bits per heavy atom. The molecule has 0 saturated heterocycles. The molecular formula is C12H17IN2S. The third-order valence-electron chi connectivity index (χ3n) is 2.12. The van der Waals surface area contributed by atoms with Crippen molar-refractivity contribution >= 4 is 22.6 Å². The number of hydrogen-bond donors (Lipinski definition) is 0. The summed E-state index contributed by atoms with van der Waals surface area (Å²) >= 11 is 1.67. The Bertz CT molecular complexity index is 381. The van der Waals surface area contributed by atoms with E-state index in [1.165, 1.54) is 5.56 Å². The first-order valence-electron chi connectivity index (χ1n) is 4.84. The highest BCUT2D eigenvalue weighted by Crippen LogP contribution is 2.10. The zero-order chi connectivity index (χ0) is 11.3. The first-order valence-corrected chi connectivity index (χ1v) is 6.06. The average Bonchev–Trinajstić information content (AvgIpc) is 2.26. The Labute approximate surface area is 119 Å². The third kappa shape index (κ3) is 4.65. The van der Waals surface area contributed by atoms with E-state index in [1.54, 1.807) is 11.8 Å². The van der Waals surface area contributed by atoms with Gasteiger partial charge < -0.3 is 24.0 Å². The largest absolute Gasteiger partial charge is 1.00 e. The van der Waals surface area contributed by atoms with Gasteiger partial charge in [0.2, 0.25) is 5.04 Å². The van der Waals surface area contributed by atoms with Crippen LogP contribution in [0.5, 0.6) is 0 Å². The third-order valence-corrected chi connectivity index (χ3v) is 2.84. The van der Waals surface area contributed by atoms with Crippen LogP contribution in [0.25, 0.3) is 0 Å². The Hall–Kier alpha value is -0.360. The van der Waals surface area contributed by atoms with E-state index >= 15 is 0 Å². The molecule has 0 N–H and O–H groups in total. The first-order chi connectivity index (χ1) is 7.15. The van der Waals surface area contributed by atoms with Gasteiger partial charge in [0.05, 0.1) is 14.1 Å². The Kier molecular flexibility index (Phi) is 7.66.